The molecule has 0 aliphatic carbocycles. The quantitative estimate of drug-likeness (QED) is 0.455. The average molecular weight is 258 g/mol. The van der Waals surface area contributed by atoms with Crippen LogP contribution in [0.3, 0.4) is 0 Å². The molecule has 0 heterocycles. The van der Waals surface area contributed by atoms with Crippen molar-refractivity contribution in [3.63, 3.8) is 0 Å². The molecule has 0 saturated carbocycles. The fourth-order valence-electron chi connectivity index (χ4n) is 1.78. The molecule has 4 heteroatoms. The Kier molecular flexibility index (Phi) is 10.4. The smallest absolute Gasteiger partial charge is 0.307 e. The van der Waals surface area contributed by atoms with E-state index in [1.165, 1.54) is 0 Å². The van der Waals surface area contributed by atoms with Gasteiger partial charge in [0.05, 0.1) is 6.42 Å². The van der Waals surface area contributed by atoms with Crippen LogP contribution in [-0.2, 0) is 14.3 Å². The van der Waals surface area contributed by atoms with Gasteiger partial charge in [0.1, 0.15) is 6.10 Å². The zero-order valence-corrected chi connectivity index (χ0v) is 11.6. The summed E-state index contributed by atoms with van der Waals surface area (Å²) in [6.07, 6.45) is 6.44. The monoisotopic (exact) mass is 258 g/mol. The third-order valence-electron chi connectivity index (χ3n) is 2.81. The van der Waals surface area contributed by atoms with Crippen molar-refractivity contribution < 1.29 is 19.4 Å². The highest BCUT2D eigenvalue weighted by Gasteiger charge is 2.17. The van der Waals surface area contributed by atoms with Crippen LogP contribution in [0.15, 0.2) is 0 Å². The molecular weight excluding hydrogens is 232 g/mol. The van der Waals surface area contributed by atoms with Gasteiger partial charge in [0, 0.05) is 6.42 Å². The molecule has 0 aromatic rings. The minimum Gasteiger partial charge on any atom is -0.481 e. The van der Waals surface area contributed by atoms with Gasteiger partial charge in [0.15, 0.2) is 0 Å². The Balaban J connectivity index is 3.96. The van der Waals surface area contributed by atoms with E-state index in [9.17, 15) is 9.59 Å². The topological polar surface area (TPSA) is 63.6 Å². The molecule has 1 atom stereocenters. The number of rotatable bonds is 11. The summed E-state index contributed by atoms with van der Waals surface area (Å²) < 4.78 is 5.23. The van der Waals surface area contributed by atoms with E-state index in [2.05, 4.69) is 13.8 Å². The van der Waals surface area contributed by atoms with Crippen molar-refractivity contribution in [2.45, 2.75) is 77.7 Å². The van der Waals surface area contributed by atoms with Crippen LogP contribution in [0.25, 0.3) is 0 Å². The Bertz CT molecular complexity index is 238. The number of hydrogen-bond acceptors (Lipinski definition) is 3. The lowest BCUT2D eigenvalue weighted by atomic mass is 10.1. The summed E-state index contributed by atoms with van der Waals surface area (Å²) in [6, 6.07) is 0. The molecule has 4 nitrogen and oxygen atoms in total. The van der Waals surface area contributed by atoms with Gasteiger partial charge in [-0.2, -0.15) is 0 Å². The zero-order valence-electron chi connectivity index (χ0n) is 11.6. The standard InChI is InChI=1S/C14H26O4/c1-3-5-7-9-12(11-13(15)16)18-14(17)10-8-6-4-2/h12H,3-11H2,1-2H3,(H,15,16). The average Bonchev–Trinajstić information content (AvgIpc) is 2.28. The lowest BCUT2D eigenvalue weighted by Gasteiger charge is -2.16. The van der Waals surface area contributed by atoms with E-state index in [0.717, 1.165) is 38.5 Å². The third kappa shape index (κ3) is 10.1. The van der Waals surface area contributed by atoms with Crippen LogP contribution in [0, 0.1) is 0 Å². The first-order valence-corrected chi connectivity index (χ1v) is 7.01. The maximum Gasteiger partial charge on any atom is 0.307 e. The summed E-state index contributed by atoms with van der Waals surface area (Å²) >= 11 is 0. The summed E-state index contributed by atoms with van der Waals surface area (Å²) in [7, 11) is 0. The van der Waals surface area contributed by atoms with Gasteiger partial charge in [-0.1, -0.05) is 39.5 Å². The molecule has 0 aromatic carbocycles. The van der Waals surface area contributed by atoms with Gasteiger partial charge < -0.3 is 9.84 Å². The Labute approximate surface area is 110 Å². The molecule has 0 spiro atoms. The molecular formula is C14H26O4. The predicted octanol–water partition coefficient (Wildman–Crippen LogP) is 3.53. The van der Waals surface area contributed by atoms with E-state index >= 15 is 0 Å². The molecule has 0 radical (unpaired) electrons. The highest BCUT2D eigenvalue weighted by molar-refractivity contribution is 5.71. The van der Waals surface area contributed by atoms with Crippen LogP contribution in [0.4, 0.5) is 0 Å². The van der Waals surface area contributed by atoms with Crippen molar-refractivity contribution in [2.24, 2.45) is 0 Å². The maximum absolute atomic E-state index is 11.5. The molecule has 0 aliphatic heterocycles. The van der Waals surface area contributed by atoms with Gasteiger partial charge >= 0.3 is 11.9 Å². The zero-order chi connectivity index (χ0) is 13.8. The van der Waals surface area contributed by atoms with Crippen molar-refractivity contribution >= 4 is 11.9 Å². The summed E-state index contributed by atoms with van der Waals surface area (Å²) in [6.45, 7) is 4.16. The van der Waals surface area contributed by atoms with E-state index in [0.29, 0.717) is 12.8 Å². The summed E-state index contributed by atoms with van der Waals surface area (Å²) in [5.41, 5.74) is 0. The van der Waals surface area contributed by atoms with Crippen molar-refractivity contribution in [3.8, 4) is 0 Å². The van der Waals surface area contributed by atoms with Gasteiger partial charge in [-0.05, 0) is 19.3 Å². The Morgan fingerprint density at radius 2 is 1.67 bits per heavy atom. The number of unbranched alkanes of at least 4 members (excludes halogenated alkanes) is 4. The van der Waals surface area contributed by atoms with Gasteiger partial charge in [-0.3, -0.25) is 9.59 Å². The van der Waals surface area contributed by atoms with Crippen molar-refractivity contribution in [3.05, 3.63) is 0 Å². The fourth-order valence-corrected chi connectivity index (χ4v) is 1.78. The summed E-state index contributed by atoms with van der Waals surface area (Å²) in [5.74, 6) is -1.16. The molecule has 0 saturated heterocycles. The molecule has 1 N–H and O–H groups in total. The molecule has 0 rings (SSSR count). The highest BCUT2D eigenvalue weighted by Crippen LogP contribution is 2.12. The van der Waals surface area contributed by atoms with Crippen LogP contribution < -0.4 is 0 Å². The fraction of sp³-hybridized carbons (Fsp3) is 0.857. The summed E-state index contributed by atoms with van der Waals surface area (Å²) in [4.78, 5) is 22.2. The summed E-state index contributed by atoms with van der Waals surface area (Å²) in [5, 5.41) is 8.78. The minimum absolute atomic E-state index is 0.0801. The third-order valence-corrected chi connectivity index (χ3v) is 2.81. The molecule has 1 unspecified atom stereocenters. The largest absolute Gasteiger partial charge is 0.481 e. The lowest BCUT2D eigenvalue weighted by molar-refractivity contribution is -0.153. The van der Waals surface area contributed by atoms with Crippen molar-refractivity contribution in [2.75, 3.05) is 0 Å². The second-order valence-corrected chi connectivity index (χ2v) is 4.66. The number of aliphatic carboxylic acids is 1. The van der Waals surface area contributed by atoms with Gasteiger partial charge in [-0.25, -0.2) is 0 Å². The second kappa shape index (κ2) is 11.1. The SMILES string of the molecule is CCCCCC(=O)OC(CCCCC)CC(=O)O. The van der Waals surface area contributed by atoms with E-state index in [1.54, 1.807) is 0 Å². The number of hydrogen-bond donors (Lipinski definition) is 1. The predicted molar refractivity (Wildman–Crippen MR) is 70.4 cm³/mol. The number of esters is 1. The minimum atomic E-state index is -0.905. The van der Waals surface area contributed by atoms with Crippen molar-refractivity contribution in [1.29, 1.82) is 0 Å². The van der Waals surface area contributed by atoms with Gasteiger partial charge in [-0.15, -0.1) is 0 Å². The first-order chi connectivity index (χ1) is 8.60. The van der Waals surface area contributed by atoms with Gasteiger partial charge in [0.25, 0.3) is 0 Å². The molecule has 0 aliphatic rings. The first-order valence-electron chi connectivity index (χ1n) is 7.01. The number of carbonyl (C=O) groups is 2. The molecule has 0 fully saturated rings. The van der Waals surface area contributed by atoms with Crippen LogP contribution in [0.2, 0.25) is 0 Å². The molecule has 0 amide bonds. The van der Waals surface area contributed by atoms with Crippen molar-refractivity contribution in [1.82, 2.24) is 0 Å². The van der Waals surface area contributed by atoms with E-state index < -0.39 is 12.1 Å². The van der Waals surface area contributed by atoms with Crippen LogP contribution in [-0.4, -0.2) is 23.1 Å². The van der Waals surface area contributed by atoms with E-state index in [1.807, 2.05) is 0 Å². The van der Waals surface area contributed by atoms with Crippen LogP contribution in [0.5, 0.6) is 0 Å². The van der Waals surface area contributed by atoms with Gasteiger partial charge in [0.2, 0.25) is 0 Å². The van der Waals surface area contributed by atoms with E-state index in [-0.39, 0.29) is 12.4 Å². The number of carboxylic acids is 1. The molecule has 106 valence electrons. The molecule has 18 heavy (non-hydrogen) atoms. The maximum atomic E-state index is 11.5. The molecule has 0 bridgehead atoms. The first kappa shape index (κ1) is 16.9. The Morgan fingerprint density at radius 1 is 1.06 bits per heavy atom. The Morgan fingerprint density at radius 3 is 2.22 bits per heavy atom. The second-order valence-electron chi connectivity index (χ2n) is 4.66. The lowest BCUT2D eigenvalue weighted by Crippen LogP contribution is -2.21. The number of carboxylic acid groups (broad SMARTS) is 1. The normalized spacial score (nSPS) is 12.1. The Hall–Kier alpha value is -1.06. The molecule has 0 aromatic heterocycles. The van der Waals surface area contributed by atoms with E-state index in [4.69, 9.17) is 9.84 Å². The number of ether oxygens (including phenoxy) is 1. The van der Waals surface area contributed by atoms with Crippen LogP contribution >= 0.6 is 0 Å². The number of carbonyl (C=O) groups excluding carboxylic acids is 1. The highest BCUT2D eigenvalue weighted by atomic mass is 16.5. The van der Waals surface area contributed by atoms with Crippen LogP contribution in [0.1, 0.15) is 71.6 Å².